The van der Waals surface area contributed by atoms with Crippen LogP contribution < -0.4 is 21.1 Å². The topological polar surface area (TPSA) is 144 Å². The lowest BCUT2D eigenvalue weighted by Crippen LogP contribution is -2.45. The quantitative estimate of drug-likeness (QED) is 0.424. The van der Waals surface area contributed by atoms with Crippen molar-refractivity contribution in [2.45, 2.75) is 46.3 Å². The average Bonchev–Trinajstić information content (AvgIpc) is 3.04. The smallest absolute Gasteiger partial charge is 0.391 e. The summed E-state index contributed by atoms with van der Waals surface area (Å²) in [6.45, 7) is 5.57. The number of nitrogens with zero attached hydrogens (tertiary/aromatic N) is 2. The van der Waals surface area contributed by atoms with E-state index < -0.39 is 55.3 Å². The Morgan fingerprint density at radius 3 is 2.51 bits per heavy atom. The largest absolute Gasteiger partial charge is 0.509 e. The molecule has 0 radical (unpaired) electrons. The zero-order valence-corrected chi connectivity index (χ0v) is 21.9. The van der Waals surface area contributed by atoms with Crippen LogP contribution in [-0.2, 0) is 18.7 Å². The summed E-state index contributed by atoms with van der Waals surface area (Å²) in [6.07, 6.45) is -4.79. The molecule has 2 heterocycles. The summed E-state index contributed by atoms with van der Waals surface area (Å²) in [5.41, 5.74) is 4.29. The molecule has 2 amide bonds. The number of anilines is 1. The third-order valence-corrected chi connectivity index (χ3v) is 8.04. The predicted octanol–water partition coefficient (Wildman–Crippen LogP) is 3.50. The number of benzene rings is 1. The van der Waals surface area contributed by atoms with Crippen LogP contribution in [0.25, 0.3) is 0 Å². The number of aliphatic hydroxyl groups is 1. The molecule has 0 saturated heterocycles. The van der Waals surface area contributed by atoms with Gasteiger partial charge in [0.05, 0.1) is 23.0 Å². The fraction of sp³-hybridized carbons (Fsp3) is 0.522. The second-order valence-electron chi connectivity index (χ2n) is 9.97. The first-order valence-corrected chi connectivity index (χ1v) is 13.0. The average molecular weight is 546 g/mol. The Hall–Kier alpha value is -3.05. The Morgan fingerprint density at radius 2 is 1.97 bits per heavy atom. The van der Waals surface area contributed by atoms with E-state index in [-0.39, 0.29) is 41.1 Å². The number of nitrogens with one attached hydrogen (secondary N) is 1. The fourth-order valence-corrected chi connectivity index (χ4v) is 5.69. The summed E-state index contributed by atoms with van der Waals surface area (Å²) in [4.78, 5) is 25.7. The molecular weight excluding hydrogens is 516 g/mol. The summed E-state index contributed by atoms with van der Waals surface area (Å²) >= 11 is 0. The maximum absolute atomic E-state index is 13.6. The van der Waals surface area contributed by atoms with Crippen molar-refractivity contribution in [2.24, 2.45) is 21.8 Å². The van der Waals surface area contributed by atoms with Crippen molar-refractivity contribution >= 4 is 36.2 Å². The maximum atomic E-state index is 13.6. The molecule has 14 heteroatoms. The molecule has 2 aliphatic heterocycles. The number of alkyl halides is 3. The van der Waals surface area contributed by atoms with Gasteiger partial charge in [-0.15, -0.1) is 0 Å². The molecule has 1 aromatic carbocycles. The molecule has 0 bridgehead atoms. The Bertz CT molecular complexity index is 1210. The Morgan fingerprint density at radius 1 is 1.32 bits per heavy atom. The van der Waals surface area contributed by atoms with Crippen molar-refractivity contribution in [3.05, 3.63) is 29.5 Å². The van der Waals surface area contributed by atoms with Gasteiger partial charge in [0.15, 0.2) is 12.4 Å². The third kappa shape index (κ3) is 5.77. The number of ether oxygens (including phenoxy) is 1. The highest BCUT2D eigenvalue weighted by molar-refractivity contribution is 7.66. The maximum Gasteiger partial charge on any atom is 0.391 e. The highest BCUT2D eigenvalue weighted by atomic mass is 31.2. The van der Waals surface area contributed by atoms with Crippen molar-refractivity contribution in [3.63, 3.8) is 0 Å². The van der Waals surface area contributed by atoms with E-state index in [0.717, 1.165) is 14.0 Å². The van der Waals surface area contributed by atoms with E-state index in [1.54, 1.807) is 20.8 Å². The van der Waals surface area contributed by atoms with Crippen molar-refractivity contribution in [3.8, 4) is 5.75 Å². The van der Waals surface area contributed by atoms with E-state index in [1.165, 1.54) is 23.1 Å². The molecule has 37 heavy (non-hydrogen) atoms. The van der Waals surface area contributed by atoms with Crippen LogP contribution in [-0.4, -0.2) is 60.1 Å². The van der Waals surface area contributed by atoms with Gasteiger partial charge >= 0.3 is 13.7 Å². The molecule has 3 unspecified atom stereocenters. The molecule has 204 valence electrons. The number of amides is 2. The van der Waals surface area contributed by atoms with Crippen molar-refractivity contribution in [1.29, 1.82) is 0 Å². The van der Waals surface area contributed by atoms with Crippen LogP contribution in [0.2, 0.25) is 0 Å². The number of nitrogens with two attached hydrogens (primary N) is 1. The summed E-state index contributed by atoms with van der Waals surface area (Å²) in [7, 11) is -2.83. The van der Waals surface area contributed by atoms with Gasteiger partial charge in [0, 0.05) is 13.7 Å². The van der Waals surface area contributed by atoms with Crippen LogP contribution in [0.5, 0.6) is 5.75 Å². The monoisotopic (exact) mass is 546 g/mol. The van der Waals surface area contributed by atoms with Crippen LogP contribution >= 0.6 is 7.52 Å². The minimum absolute atomic E-state index is 0.0921. The van der Waals surface area contributed by atoms with Crippen LogP contribution in [0.15, 0.2) is 34.3 Å². The molecule has 10 nitrogen and oxygen atoms in total. The Kier molecular flexibility index (Phi) is 7.72. The molecule has 0 fully saturated rings. The fourth-order valence-electron chi connectivity index (χ4n) is 4.17. The number of carbonyl (C=O) groups is 2. The van der Waals surface area contributed by atoms with E-state index in [4.69, 9.17) is 15.0 Å². The van der Waals surface area contributed by atoms with E-state index in [1.807, 2.05) is 0 Å². The zero-order valence-electron chi connectivity index (χ0n) is 21.0. The molecular formula is C23H30F3N4O6P. The van der Waals surface area contributed by atoms with Crippen molar-refractivity contribution < 1.29 is 41.7 Å². The van der Waals surface area contributed by atoms with Gasteiger partial charge in [0.25, 0.3) is 11.8 Å². The van der Waals surface area contributed by atoms with E-state index in [2.05, 4.69) is 10.1 Å². The van der Waals surface area contributed by atoms with Crippen LogP contribution in [0.4, 0.5) is 18.9 Å². The highest BCUT2D eigenvalue weighted by Crippen LogP contribution is 2.52. The van der Waals surface area contributed by atoms with E-state index in [0.29, 0.717) is 0 Å². The van der Waals surface area contributed by atoms with Crippen molar-refractivity contribution in [2.75, 3.05) is 25.6 Å². The second kappa shape index (κ2) is 10.0. The Labute approximate surface area is 212 Å². The SMILES string of the molecule is COP1(=O)N=C(C2=C(O)C(C(C)(C)C)N(CCC(C)C(F)(F)F)C2=O)Nc2ccc(OCC(N)=O)cc21. The lowest BCUT2D eigenvalue weighted by molar-refractivity contribution is -0.173. The second-order valence-corrected chi connectivity index (χ2v) is 12.1. The first-order valence-electron chi connectivity index (χ1n) is 11.4. The molecule has 0 aromatic heterocycles. The summed E-state index contributed by atoms with van der Waals surface area (Å²) < 4.78 is 67.5. The van der Waals surface area contributed by atoms with Gasteiger partial charge in [0.1, 0.15) is 17.1 Å². The minimum atomic E-state index is -4.43. The van der Waals surface area contributed by atoms with Gasteiger partial charge in [-0.3, -0.25) is 14.2 Å². The number of fused-ring (bicyclic) bond motifs is 1. The van der Waals surface area contributed by atoms with E-state index in [9.17, 15) is 32.4 Å². The molecule has 3 rings (SSSR count). The minimum Gasteiger partial charge on any atom is -0.509 e. The summed E-state index contributed by atoms with van der Waals surface area (Å²) in [5, 5.41) is 14.1. The predicted molar refractivity (Wildman–Crippen MR) is 131 cm³/mol. The molecule has 4 N–H and O–H groups in total. The molecule has 0 saturated carbocycles. The number of hydrogen-bond donors (Lipinski definition) is 3. The van der Waals surface area contributed by atoms with Gasteiger partial charge in [-0.25, -0.2) is 0 Å². The number of rotatable bonds is 8. The van der Waals surface area contributed by atoms with Gasteiger partial charge in [-0.05, 0) is 30.0 Å². The number of amidine groups is 1. The highest BCUT2D eigenvalue weighted by Gasteiger charge is 2.49. The molecule has 1 aromatic rings. The zero-order chi connectivity index (χ0) is 27.9. The lowest BCUT2D eigenvalue weighted by Gasteiger charge is -2.35. The molecule has 2 aliphatic rings. The first-order chi connectivity index (χ1) is 17.0. The summed E-state index contributed by atoms with van der Waals surface area (Å²) in [6, 6.07) is 3.34. The lowest BCUT2D eigenvalue weighted by atomic mass is 9.85. The molecule has 0 aliphatic carbocycles. The van der Waals surface area contributed by atoms with Gasteiger partial charge < -0.3 is 30.3 Å². The van der Waals surface area contributed by atoms with Crippen LogP contribution in [0.3, 0.4) is 0 Å². The van der Waals surface area contributed by atoms with Gasteiger partial charge in [-0.1, -0.05) is 27.7 Å². The Balaban J connectivity index is 2.00. The van der Waals surface area contributed by atoms with Gasteiger partial charge in [0.2, 0.25) is 0 Å². The van der Waals surface area contributed by atoms with Crippen LogP contribution in [0.1, 0.15) is 34.1 Å². The van der Waals surface area contributed by atoms with Crippen LogP contribution in [0, 0.1) is 11.3 Å². The first kappa shape index (κ1) is 28.5. The standard InChI is InChI=1S/C23H30F3N4O6P/c1-12(23(24,25)26)8-9-30-19(22(2,3)4)18(32)17(21(30)33)20-28-14-7-6-13(36-11-16(27)31)10-15(14)37(34,29-20)35-5/h6-7,10,12,19,32H,8-9,11H2,1-5H3,(H2,27,31)(H,28,29,34). The molecule has 3 atom stereocenters. The number of aliphatic hydroxyl groups excluding tert-OH is 1. The third-order valence-electron chi connectivity index (χ3n) is 6.11. The number of halogens is 3. The summed E-state index contributed by atoms with van der Waals surface area (Å²) in [5.74, 6) is -3.57. The number of primary amides is 1. The van der Waals surface area contributed by atoms with Crippen molar-refractivity contribution in [1.82, 2.24) is 4.90 Å². The van der Waals surface area contributed by atoms with Gasteiger partial charge in [-0.2, -0.15) is 17.9 Å². The molecule has 0 spiro atoms. The number of carbonyl (C=O) groups excluding carboxylic acids is 2. The normalized spacial score (nSPS) is 22.9. The van der Waals surface area contributed by atoms with E-state index >= 15 is 0 Å². The number of hydrogen-bond acceptors (Lipinski definition) is 7.